The average molecular weight is 354 g/mol. The zero-order valence-corrected chi connectivity index (χ0v) is 15.0. The summed E-state index contributed by atoms with van der Waals surface area (Å²) in [5.41, 5.74) is 0. The smallest absolute Gasteiger partial charge is 0.223 e. The minimum atomic E-state index is 0. The van der Waals surface area contributed by atoms with Crippen molar-refractivity contribution < 1.29 is 9.53 Å². The Morgan fingerprint density at radius 1 is 1.08 bits per heavy atom. The molecular formula is C18H28ClN3O2. The van der Waals surface area contributed by atoms with Gasteiger partial charge in [0.2, 0.25) is 5.91 Å². The van der Waals surface area contributed by atoms with Gasteiger partial charge in [-0.1, -0.05) is 18.2 Å². The average Bonchev–Trinajstić information content (AvgIpc) is 2.62. The second-order valence-corrected chi connectivity index (χ2v) is 6.35. The first-order valence-electron chi connectivity index (χ1n) is 8.74. The van der Waals surface area contributed by atoms with Crippen molar-refractivity contribution in [3.05, 3.63) is 30.3 Å². The van der Waals surface area contributed by atoms with Crippen molar-refractivity contribution >= 4 is 18.3 Å². The highest BCUT2D eigenvalue weighted by Gasteiger charge is 2.22. The SMILES string of the molecule is Cl.O=C(CCN1CCC(Oc2ccccc2)CC1)N1CCNCC1. The van der Waals surface area contributed by atoms with Gasteiger partial charge in [-0.2, -0.15) is 0 Å². The fourth-order valence-electron chi connectivity index (χ4n) is 3.27. The molecular weight excluding hydrogens is 326 g/mol. The van der Waals surface area contributed by atoms with Gasteiger partial charge in [0.15, 0.2) is 0 Å². The normalized spacial score (nSPS) is 19.6. The fraction of sp³-hybridized carbons (Fsp3) is 0.611. The van der Waals surface area contributed by atoms with E-state index in [1.165, 1.54) is 0 Å². The molecule has 1 aromatic carbocycles. The third-order valence-corrected chi connectivity index (χ3v) is 4.69. The van der Waals surface area contributed by atoms with Crippen LogP contribution in [0.5, 0.6) is 5.75 Å². The summed E-state index contributed by atoms with van der Waals surface area (Å²) in [6.45, 7) is 6.47. The van der Waals surface area contributed by atoms with Crippen LogP contribution in [0.2, 0.25) is 0 Å². The van der Waals surface area contributed by atoms with Crippen LogP contribution in [-0.4, -0.2) is 67.6 Å². The van der Waals surface area contributed by atoms with Crippen LogP contribution in [-0.2, 0) is 4.79 Å². The van der Waals surface area contributed by atoms with E-state index in [2.05, 4.69) is 10.2 Å². The molecule has 1 amide bonds. The molecule has 0 bridgehead atoms. The highest BCUT2D eigenvalue weighted by molar-refractivity contribution is 5.85. The van der Waals surface area contributed by atoms with Crippen molar-refractivity contribution in [1.29, 1.82) is 0 Å². The zero-order valence-electron chi connectivity index (χ0n) is 14.2. The van der Waals surface area contributed by atoms with Gasteiger partial charge in [-0.25, -0.2) is 0 Å². The summed E-state index contributed by atoms with van der Waals surface area (Å²) in [5, 5.41) is 3.28. The number of amides is 1. The van der Waals surface area contributed by atoms with E-state index in [9.17, 15) is 4.79 Å². The number of hydrogen-bond acceptors (Lipinski definition) is 4. The van der Waals surface area contributed by atoms with Gasteiger partial charge < -0.3 is 19.9 Å². The number of piperidine rings is 1. The number of likely N-dealkylation sites (tertiary alicyclic amines) is 1. The van der Waals surface area contributed by atoms with Gasteiger partial charge >= 0.3 is 0 Å². The molecule has 1 N–H and O–H groups in total. The summed E-state index contributed by atoms with van der Waals surface area (Å²) < 4.78 is 6.02. The summed E-state index contributed by atoms with van der Waals surface area (Å²) in [5.74, 6) is 1.26. The Labute approximate surface area is 150 Å². The Kier molecular flexibility index (Phi) is 7.82. The number of nitrogens with one attached hydrogen (secondary N) is 1. The number of piperazine rings is 1. The maximum Gasteiger partial charge on any atom is 0.223 e. The molecule has 2 aliphatic heterocycles. The quantitative estimate of drug-likeness (QED) is 0.876. The topological polar surface area (TPSA) is 44.8 Å². The van der Waals surface area contributed by atoms with Crippen LogP contribution in [0.25, 0.3) is 0 Å². The number of hydrogen-bond donors (Lipinski definition) is 1. The summed E-state index contributed by atoms with van der Waals surface area (Å²) >= 11 is 0. The number of ether oxygens (including phenoxy) is 1. The Hall–Kier alpha value is -1.30. The number of nitrogens with zero attached hydrogens (tertiary/aromatic N) is 2. The van der Waals surface area contributed by atoms with E-state index in [0.29, 0.717) is 18.4 Å². The monoisotopic (exact) mass is 353 g/mol. The lowest BCUT2D eigenvalue weighted by Crippen LogP contribution is -2.47. The number of carbonyl (C=O) groups excluding carboxylic acids is 1. The van der Waals surface area contributed by atoms with E-state index < -0.39 is 0 Å². The lowest BCUT2D eigenvalue weighted by Gasteiger charge is -2.33. The molecule has 1 aromatic rings. The number of rotatable bonds is 5. The number of para-hydroxylation sites is 1. The predicted octanol–water partition coefficient (Wildman–Crippen LogP) is 1.77. The van der Waals surface area contributed by atoms with Crippen LogP contribution in [0, 0.1) is 0 Å². The highest BCUT2D eigenvalue weighted by atomic mass is 35.5. The first-order chi connectivity index (χ1) is 11.3. The van der Waals surface area contributed by atoms with Gasteiger partial charge in [0, 0.05) is 52.2 Å². The van der Waals surface area contributed by atoms with Gasteiger partial charge in [0.1, 0.15) is 11.9 Å². The van der Waals surface area contributed by atoms with Gasteiger partial charge in [-0.05, 0) is 25.0 Å². The lowest BCUT2D eigenvalue weighted by atomic mass is 10.1. The van der Waals surface area contributed by atoms with Crippen LogP contribution in [0.4, 0.5) is 0 Å². The molecule has 0 aromatic heterocycles. The minimum Gasteiger partial charge on any atom is -0.490 e. The molecule has 0 unspecified atom stereocenters. The fourth-order valence-corrected chi connectivity index (χ4v) is 3.27. The van der Waals surface area contributed by atoms with Gasteiger partial charge in [0.05, 0.1) is 0 Å². The molecule has 0 spiro atoms. The van der Waals surface area contributed by atoms with Gasteiger partial charge in [-0.3, -0.25) is 4.79 Å². The molecule has 6 heteroatoms. The van der Waals surface area contributed by atoms with Crippen LogP contribution in [0.3, 0.4) is 0 Å². The third kappa shape index (κ3) is 5.65. The van der Waals surface area contributed by atoms with E-state index >= 15 is 0 Å². The van der Waals surface area contributed by atoms with E-state index in [1.807, 2.05) is 35.2 Å². The van der Waals surface area contributed by atoms with Crippen LogP contribution >= 0.6 is 12.4 Å². The second-order valence-electron chi connectivity index (χ2n) is 6.35. The molecule has 0 radical (unpaired) electrons. The van der Waals surface area contributed by atoms with Crippen molar-refractivity contribution in [3.8, 4) is 5.75 Å². The molecule has 2 fully saturated rings. The van der Waals surface area contributed by atoms with Crippen LogP contribution in [0.1, 0.15) is 19.3 Å². The standard InChI is InChI=1S/C18H27N3O2.ClH/c22-18(21-14-9-19-10-15-21)8-13-20-11-6-17(7-12-20)23-16-4-2-1-3-5-16;/h1-5,17,19H,6-15H2;1H. The van der Waals surface area contributed by atoms with Crippen molar-refractivity contribution in [2.45, 2.75) is 25.4 Å². The van der Waals surface area contributed by atoms with Crippen molar-refractivity contribution in [2.75, 3.05) is 45.8 Å². The number of halogens is 1. The molecule has 2 heterocycles. The van der Waals surface area contributed by atoms with Gasteiger partial charge in [0.25, 0.3) is 0 Å². The van der Waals surface area contributed by atoms with Crippen molar-refractivity contribution in [2.24, 2.45) is 0 Å². The number of benzene rings is 1. The Morgan fingerprint density at radius 3 is 2.42 bits per heavy atom. The predicted molar refractivity (Wildman–Crippen MR) is 97.8 cm³/mol. The molecule has 2 aliphatic rings. The van der Waals surface area contributed by atoms with Crippen molar-refractivity contribution in [3.63, 3.8) is 0 Å². The zero-order chi connectivity index (χ0) is 15.9. The summed E-state index contributed by atoms with van der Waals surface area (Å²) in [6.07, 6.45) is 3.02. The molecule has 5 nitrogen and oxygen atoms in total. The van der Waals surface area contributed by atoms with E-state index in [0.717, 1.165) is 64.4 Å². The molecule has 0 aliphatic carbocycles. The first-order valence-corrected chi connectivity index (χ1v) is 8.74. The Morgan fingerprint density at radius 2 is 1.75 bits per heavy atom. The maximum atomic E-state index is 12.2. The Balaban J connectivity index is 0.00000208. The largest absolute Gasteiger partial charge is 0.490 e. The number of carbonyl (C=O) groups is 1. The second kappa shape index (κ2) is 9.87. The van der Waals surface area contributed by atoms with E-state index in [4.69, 9.17) is 4.74 Å². The first kappa shape index (κ1) is 19.0. The maximum absolute atomic E-state index is 12.2. The van der Waals surface area contributed by atoms with Gasteiger partial charge in [-0.15, -0.1) is 12.4 Å². The lowest BCUT2D eigenvalue weighted by molar-refractivity contribution is -0.132. The van der Waals surface area contributed by atoms with Crippen LogP contribution < -0.4 is 10.1 Å². The molecule has 3 rings (SSSR count). The van der Waals surface area contributed by atoms with E-state index in [1.54, 1.807) is 0 Å². The highest BCUT2D eigenvalue weighted by Crippen LogP contribution is 2.18. The van der Waals surface area contributed by atoms with Crippen molar-refractivity contribution in [1.82, 2.24) is 15.1 Å². The Bertz CT molecular complexity index is 486. The van der Waals surface area contributed by atoms with E-state index in [-0.39, 0.29) is 12.4 Å². The van der Waals surface area contributed by atoms with Crippen LogP contribution in [0.15, 0.2) is 30.3 Å². The molecule has 134 valence electrons. The molecule has 2 saturated heterocycles. The third-order valence-electron chi connectivity index (χ3n) is 4.69. The summed E-state index contributed by atoms with van der Waals surface area (Å²) in [6, 6.07) is 10.0. The molecule has 24 heavy (non-hydrogen) atoms. The molecule has 0 saturated carbocycles. The summed E-state index contributed by atoms with van der Waals surface area (Å²) in [4.78, 5) is 16.6. The minimum absolute atomic E-state index is 0. The molecule has 0 atom stereocenters. The summed E-state index contributed by atoms with van der Waals surface area (Å²) in [7, 11) is 0.